The van der Waals surface area contributed by atoms with Crippen molar-refractivity contribution in [3.8, 4) is 0 Å². The lowest BCUT2D eigenvalue weighted by Gasteiger charge is -2.35. The summed E-state index contributed by atoms with van der Waals surface area (Å²) in [6, 6.07) is 4.41. The van der Waals surface area contributed by atoms with Crippen molar-refractivity contribution in [1.29, 1.82) is 0 Å². The Balaban J connectivity index is 1.99. The quantitative estimate of drug-likeness (QED) is 0.816. The first-order valence-corrected chi connectivity index (χ1v) is 8.81. The maximum Gasteiger partial charge on any atom is 0.252 e. The van der Waals surface area contributed by atoms with Crippen LogP contribution in [0.2, 0.25) is 0 Å². The number of carbonyl (C=O) groups excluding carboxylic acids is 1. The molecule has 1 aliphatic rings. The van der Waals surface area contributed by atoms with Crippen molar-refractivity contribution < 1.29 is 13.9 Å². The molecule has 4 nitrogen and oxygen atoms in total. The van der Waals surface area contributed by atoms with Crippen LogP contribution in [0, 0.1) is 11.7 Å². The number of benzene rings is 1. The molecule has 1 aromatic rings. The van der Waals surface area contributed by atoms with Gasteiger partial charge in [-0.1, -0.05) is 13.8 Å². The highest BCUT2D eigenvalue weighted by Gasteiger charge is 2.23. The lowest BCUT2D eigenvalue weighted by molar-refractivity contribution is 0.0124. The van der Waals surface area contributed by atoms with E-state index in [1.807, 2.05) is 0 Å². The first-order valence-electron chi connectivity index (χ1n) is 8.02. The topological polar surface area (TPSA) is 41.6 Å². The number of nitrogens with zero attached hydrogens (tertiary/aromatic N) is 1. The third-order valence-electron chi connectivity index (χ3n) is 3.98. The van der Waals surface area contributed by atoms with Crippen molar-refractivity contribution in [2.45, 2.75) is 26.3 Å². The number of ether oxygens (including phenoxy) is 1. The highest BCUT2D eigenvalue weighted by atomic mass is 79.9. The van der Waals surface area contributed by atoms with Crippen molar-refractivity contribution in [2.75, 3.05) is 32.8 Å². The molecule has 1 heterocycles. The van der Waals surface area contributed by atoms with Crippen molar-refractivity contribution in [3.05, 3.63) is 34.1 Å². The minimum Gasteiger partial charge on any atom is -0.379 e. The molecule has 1 unspecified atom stereocenters. The average Bonchev–Trinajstić information content (AvgIpc) is 2.54. The predicted octanol–water partition coefficient (Wildman–Crippen LogP) is 3.06. The second-order valence-corrected chi connectivity index (χ2v) is 7.12. The molecule has 1 aliphatic heterocycles. The van der Waals surface area contributed by atoms with Crippen LogP contribution in [0.3, 0.4) is 0 Å². The molecule has 2 rings (SSSR count). The van der Waals surface area contributed by atoms with Gasteiger partial charge in [0, 0.05) is 30.1 Å². The maximum atomic E-state index is 13.3. The number of amides is 1. The van der Waals surface area contributed by atoms with E-state index in [1.54, 1.807) is 6.07 Å². The summed E-state index contributed by atoms with van der Waals surface area (Å²) >= 11 is 3.30. The second-order valence-electron chi connectivity index (χ2n) is 6.27. The van der Waals surface area contributed by atoms with E-state index >= 15 is 0 Å². The molecule has 6 heteroatoms. The molecule has 0 aromatic heterocycles. The number of hydrogen-bond donors (Lipinski definition) is 1. The van der Waals surface area contributed by atoms with Crippen molar-refractivity contribution in [2.24, 2.45) is 5.92 Å². The van der Waals surface area contributed by atoms with Crippen LogP contribution in [-0.4, -0.2) is 49.7 Å². The molecule has 0 saturated carbocycles. The maximum absolute atomic E-state index is 13.3. The molecule has 0 aliphatic carbocycles. The van der Waals surface area contributed by atoms with E-state index in [1.165, 1.54) is 12.1 Å². The molecule has 0 radical (unpaired) electrons. The third-order valence-corrected chi connectivity index (χ3v) is 4.67. The molecule has 0 spiro atoms. The van der Waals surface area contributed by atoms with Gasteiger partial charge in [-0.25, -0.2) is 4.39 Å². The monoisotopic (exact) mass is 386 g/mol. The molecule has 1 amide bonds. The fraction of sp³-hybridized carbons (Fsp3) is 0.588. The Hall–Kier alpha value is -0.980. The van der Waals surface area contributed by atoms with E-state index in [-0.39, 0.29) is 11.9 Å². The van der Waals surface area contributed by atoms with Gasteiger partial charge in [-0.05, 0) is 46.5 Å². The Kier molecular flexibility index (Phi) is 6.99. The summed E-state index contributed by atoms with van der Waals surface area (Å²) in [6.45, 7) is 8.15. The Morgan fingerprint density at radius 3 is 2.74 bits per heavy atom. The Bertz CT molecular complexity index is 533. The molecular formula is C17H24BrFN2O2. The van der Waals surface area contributed by atoms with Gasteiger partial charge in [-0.2, -0.15) is 0 Å². The van der Waals surface area contributed by atoms with Crippen LogP contribution in [0.5, 0.6) is 0 Å². The number of morpholine rings is 1. The Morgan fingerprint density at radius 1 is 1.39 bits per heavy atom. The normalized spacial score (nSPS) is 17.3. The predicted molar refractivity (Wildman–Crippen MR) is 92.1 cm³/mol. The summed E-state index contributed by atoms with van der Waals surface area (Å²) < 4.78 is 19.3. The second kappa shape index (κ2) is 8.76. The van der Waals surface area contributed by atoms with E-state index in [9.17, 15) is 9.18 Å². The molecule has 1 atom stereocenters. The van der Waals surface area contributed by atoms with Gasteiger partial charge in [-0.3, -0.25) is 9.69 Å². The molecule has 1 aromatic carbocycles. The molecule has 1 fully saturated rings. The highest BCUT2D eigenvalue weighted by Crippen LogP contribution is 2.18. The first-order chi connectivity index (χ1) is 11.0. The summed E-state index contributed by atoms with van der Waals surface area (Å²) in [5.41, 5.74) is 0.329. The summed E-state index contributed by atoms with van der Waals surface area (Å²) in [5.74, 6) is -0.121. The van der Waals surface area contributed by atoms with E-state index in [4.69, 9.17) is 4.74 Å². The lowest BCUT2D eigenvalue weighted by atomic mass is 10.0. The smallest absolute Gasteiger partial charge is 0.252 e. The standard InChI is InChI=1S/C17H24BrFN2O2/c1-12(2)9-14(21-5-7-23-8-6-21)11-20-17(22)15-10-13(19)3-4-16(15)18/h3-4,10,12,14H,5-9,11H2,1-2H3,(H,20,22). The third kappa shape index (κ3) is 5.55. The van der Waals surface area contributed by atoms with Crippen LogP contribution >= 0.6 is 15.9 Å². The van der Waals surface area contributed by atoms with Gasteiger partial charge in [0.25, 0.3) is 5.91 Å². The molecule has 23 heavy (non-hydrogen) atoms. The van der Waals surface area contributed by atoms with Crippen LogP contribution in [-0.2, 0) is 4.74 Å². The molecule has 0 bridgehead atoms. The van der Waals surface area contributed by atoms with Gasteiger partial charge < -0.3 is 10.1 Å². The van der Waals surface area contributed by atoms with Gasteiger partial charge in [0.15, 0.2) is 0 Å². The zero-order valence-electron chi connectivity index (χ0n) is 13.6. The van der Waals surface area contributed by atoms with Crippen LogP contribution in [0.4, 0.5) is 4.39 Å². The summed E-state index contributed by atoms with van der Waals surface area (Å²) in [6.07, 6.45) is 1.00. The lowest BCUT2D eigenvalue weighted by Crippen LogP contribution is -2.49. The van der Waals surface area contributed by atoms with E-state index in [2.05, 4.69) is 40.0 Å². The average molecular weight is 387 g/mol. The van der Waals surface area contributed by atoms with E-state index < -0.39 is 5.82 Å². The van der Waals surface area contributed by atoms with Gasteiger partial charge in [0.1, 0.15) is 5.82 Å². The molecular weight excluding hydrogens is 363 g/mol. The minimum atomic E-state index is -0.412. The zero-order valence-corrected chi connectivity index (χ0v) is 15.2. The Labute approximate surface area is 145 Å². The molecule has 128 valence electrons. The van der Waals surface area contributed by atoms with Crippen molar-refractivity contribution in [3.63, 3.8) is 0 Å². The summed E-state index contributed by atoms with van der Waals surface area (Å²) in [7, 11) is 0. The van der Waals surface area contributed by atoms with Crippen LogP contribution in [0.25, 0.3) is 0 Å². The largest absolute Gasteiger partial charge is 0.379 e. The van der Waals surface area contributed by atoms with E-state index in [0.29, 0.717) is 22.5 Å². The molecule has 1 saturated heterocycles. The van der Waals surface area contributed by atoms with Crippen LogP contribution in [0.15, 0.2) is 22.7 Å². The number of hydrogen-bond acceptors (Lipinski definition) is 3. The molecule has 1 N–H and O–H groups in total. The highest BCUT2D eigenvalue weighted by molar-refractivity contribution is 9.10. The van der Waals surface area contributed by atoms with Crippen molar-refractivity contribution >= 4 is 21.8 Å². The summed E-state index contributed by atoms with van der Waals surface area (Å²) in [5, 5.41) is 2.95. The van der Waals surface area contributed by atoms with Crippen LogP contribution in [0.1, 0.15) is 30.6 Å². The van der Waals surface area contributed by atoms with Crippen molar-refractivity contribution in [1.82, 2.24) is 10.2 Å². The number of rotatable bonds is 6. The number of halogens is 2. The summed E-state index contributed by atoms with van der Waals surface area (Å²) in [4.78, 5) is 14.7. The number of carbonyl (C=O) groups is 1. The SMILES string of the molecule is CC(C)CC(CNC(=O)c1cc(F)ccc1Br)N1CCOCC1. The fourth-order valence-electron chi connectivity index (χ4n) is 2.83. The Morgan fingerprint density at radius 2 is 2.09 bits per heavy atom. The van der Waals surface area contributed by atoms with Gasteiger partial charge >= 0.3 is 0 Å². The van der Waals surface area contributed by atoms with Crippen LogP contribution < -0.4 is 5.32 Å². The minimum absolute atomic E-state index is 0.251. The fourth-order valence-corrected chi connectivity index (χ4v) is 3.25. The van der Waals surface area contributed by atoms with E-state index in [0.717, 1.165) is 32.7 Å². The van der Waals surface area contributed by atoms with Gasteiger partial charge in [-0.15, -0.1) is 0 Å². The first kappa shape index (κ1) is 18.4. The zero-order chi connectivity index (χ0) is 16.8. The van der Waals surface area contributed by atoms with Gasteiger partial charge in [0.05, 0.1) is 18.8 Å². The number of nitrogens with one attached hydrogen (secondary N) is 1. The van der Waals surface area contributed by atoms with Gasteiger partial charge in [0.2, 0.25) is 0 Å².